The molecule has 0 radical (unpaired) electrons. The second-order valence-electron chi connectivity index (χ2n) is 6.38. The zero-order valence-electron chi connectivity index (χ0n) is 15.3. The van der Waals surface area contributed by atoms with Crippen LogP contribution in [0, 0.1) is 0 Å². The van der Waals surface area contributed by atoms with Crippen LogP contribution in [0.1, 0.15) is 38.3 Å². The van der Waals surface area contributed by atoms with Crippen molar-refractivity contribution in [2.45, 2.75) is 46.3 Å². The zero-order valence-corrected chi connectivity index (χ0v) is 15.3. The smallest absolute Gasteiger partial charge is 0.317 e. The lowest BCUT2D eigenvalue weighted by atomic mass is 10.1. The number of hydrogen-bond donors (Lipinski definition) is 1. The number of ether oxygens (including phenoxy) is 1. The summed E-state index contributed by atoms with van der Waals surface area (Å²) in [5, 5.41) is 3.05. The van der Waals surface area contributed by atoms with Gasteiger partial charge in [0.1, 0.15) is 0 Å². The third-order valence-electron chi connectivity index (χ3n) is 4.69. The average molecular weight is 333 g/mol. The van der Waals surface area contributed by atoms with Crippen LogP contribution in [0.4, 0.5) is 4.79 Å². The van der Waals surface area contributed by atoms with Crippen molar-refractivity contribution in [3.05, 3.63) is 35.4 Å². The van der Waals surface area contributed by atoms with E-state index in [1.807, 2.05) is 4.90 Å². The topological polar surface area (TPSA) is 44.8 Å². The van der Waals surface area contributed by atoms with Crippen LogP contribution in [-0.4, -0.2) is 54.7 Å². The number of carbonyl (C=O) groups excluding carboxylic acids is 1. The summed E-state index contributed by atoms with van der Waals surface area (Å²) in [5.74, 6) is 0. The number of nitrogens with one attached hydrogen (secondary N) is 1. The van der Waals surface area contributed by atoms with E-state index in [1.54, 1.807) is 0 Å². The standard InChI is InChI=1S/C19H31N3O2/c1-4-21(5-2)15-18-8-6-7-17(13-18)14-20-19(23)22-10-12-24-11-9-16(22)3/h6-8,13,16H,4-5,9-12,14-15H2,1-3H3,(H,20,23). The fraction of sp³-hybridized carbons (Fsp3) is 0.632. The maximum atomic E-state index is 12.4. The molecule has 134 valence electrons. The minimum absolute atomic E-state index is 0.00199. The third-order valence-corrected chi connectivity index (χ3v) is 4.69. The van der Waals surface area contributed by atoms with E-state index in [-0.39, 0.29) is 12.1 Å². The summed E-state index contributed by atoms with van der Waals surface area (Å²) in [4.78, 5) is 16.7. The summed E-state index contributed by atoms with van der Waals surface area (Å²) in [6.07, 6.45) is 0.896. The van der Waals surface area contributed by atoms with E-state index in [2.05, 4.69) is 55.3 Å². The first-order valence-corrected chi connectivity index (χ1v) is 9.06. The molecule has 5 heteroatoms. The van der Waals surface area contributed by atoms with Gasteiger partial charge in [-0.15, -0.1) is 0 Å². The number of carbonyl (C=O) groups is 1. The van der Waals surface area contributed by atoms with Crippen molar-refractivity contribution in [1.82, 2.24) is 15.1 Å². The Balaban J connectivity index is 1.90. The minimum atomic E-state index is 0.00199. The van der Waals surface area contributed by atoms with Crippen LogP contribution in [0.3, 0.4) is 0 Å². The molecule has 0 bridgehead atoms. The lowest BCUT2D eigenvalue weighted by Gasteiger charge is -2.26. The summed E-state index contributed by atoms with van der Waals surface area (Å²) in [6.45, 7) is 12.1. The highest BCUT2D eigenvalue weighted by Gasteiger charge is 2.21. The first-order chi connectivity index (χ1) is 11.6. The largest absolute Gasteiger partial charge is 0.380 e. The van der Waals surface area contributed by atoms with Gasteiger partial charge in [-0.3, -0.25) is 4.90 Å². The van der Waals surface area contributed by atoms with Gasteiger partial charge in [0.15, 0.2) is 0 Å². The van der Waals surface area contributed by atoms with E-state index in [0.717, 1.165) is 38.2 Å². The van der Waals surface area contributed by atoms with Gasteiger partial charge < -0.3 is 15.0 Å². The number of urea groups is 1. The summed E-state index contributed by atoms with van der Waals surface area (Å²) in [6, 6.07) is 8.71. The Kier molecular flexibility index (Phi) is 7.53. The molecule has 1 heterocycles. The van der Waals surface area contributed by atoms with E-state index < -0.39 is 0 Å². The molecule has 1 N–H and O–H groups in total. The molecule has 1 aliphatic heterocycles. The van der Waals surface area contributed by atoms with Crippen LogP contribution in [0.15, 0.2) is 24.3 Å². The van der Waals surface area contributed by atoms with Crippen molar-refractivity contribution in [1.29, 1.82) is 0 Å². The highest BCUT2D eigenvalue weighted by molar-refractivity contribution is 5.74. The predicted molar refractivity (Wildman–Crippen MR) is 96.9 cm³/mol. The Bertz CT molecular complexity index is 517. The third kappa shape index (κ3) is 5.49. The van der Waals surface area contributed by atoms with Crippen LogP contribution in [0.25, 0.3) is 0 Å². The van der Waals surface area contributed by atoms with Crippen LogP contribution in [0.5, 0.6) is 0 Å². The van der Waals surface area contributed by atoms with E-state index in [9.17, 15) is 4.79 Å². The van der Waals surface area contributed by atoms with Crippen molar-refractivity contribution >= 4 is 6.03 Å². The molecule has 24 heavy (non-hydrogen) atoms. The highest BCUT2D eigenvalue weighted by Crippen LogP contribution is 2.11. The summed E-state index contributed by atoms with van der Waals surface area (Å²) in [7, 11) is 0. The van der Waals surface area contributed by atoms with E-state index in [0.29, 0.717) is 19.7 Å². The normalized spacial score (nSPS) is 18.5. The van der Waals surface area contributed by atoms with Crippen molar-refractivity contribution in [2.75, 3.05) is 32.8 Å². The Hall–Kier alpha value is -1.59. The Labute approximate surface area is 146 Å². The molecule has 1 aromatic carbocycles. The molecule has 1 aliphatic rings. The number of benzene rings is 1. The van der Waals surface area contributed by atoms with Crippen LogP contribution in [0.2, 0.25) is 0 Å². The molecule has 0 spiro atoms. The monoisotopic (exact) mass is 333 g/mol. The first-order valence-electron chi connectivity index (χ1n) is 9.06. The molecule has 1 unspecified atom stereocenters. The van der Waals surface area contributed by atoms with Crippen molar-refractivity contribution in [3.8, 4) is 0 Å². The van der Waals surface area contributed by atoms with Gasteiger partial charge in [0.05, 0.1) is 6.61 Å². The molecular formula is C19H31N3O2. The van der Waals surface area contributed by atoms with Gasteiger partial charge >= 0.3 is 6.03 Å². The molecular weight excluding hydrogens is 302 g/mol. The van der Waals surface area contributed by atoms with Crippen LogP contribution >= 0.6 is 0 Å². The molecule has 1 fully saturated rings. The maximum absolute atomic E-state index is 12.4. The first kappa shape index (κ1) is 18.7. The van der Waals surface area contributed by atoms with Gasteiger partial charge in [-0.1, -0.05) is 38.1 Å². The van der Waals surface area contributed by atoms with Crippen molar-refractivity contribution in [2.24, 2.45) is 0 Å². The second-order valence-corrected chi connectivity index (χ2v) is 6.38. The maximum Gasteiger partial charge on any atom is 0.317 e. The predicted octanol–water partition coefficient (Wildman–Crippen LogP) is 2.85. The Morgan fingerprint density at radius 3 is 2.79 bits per heavy atom. The fourth-order valence-corrected chi connectivity index (χ4v) is 3.02. The Morgan fingerprint density at radius 2 is 2.04 bits per heavy atom. The molecule has 0 aromatic heterocycles. The lowest BCUT2D eigenvalue weighted by molar-refractivity contribution is 0.142. The zero-order chi connectivity index (χ0) is 17.4. The molecule has 2 amide bonds. The molecule has 0 saturated carbocycles. The van der Waals surface area contributed by atoms with Gasteiger partial charge in [-0.25, -0.2) is 4.79 Å². The van der Waals surface area contributed by atoms with Crippen LogP contribution in [-0.2, 0) is 17.8 Å². The SMILES string of the molecule is CCN(CC)Cc1cccc(CNC(=O)N2CCOCCC2C)c1. The molecule has 5 nitrogen and oxygen atoms in total. The number of amides is 2. The van der Waals surface area contributed by atoms with Crippen molar-refractivity contribution < 1.29 is 9.53 Å². The van der Waals surface area contributed by atoms with E-state index in [1.165, 1.54) is 5.56 Å². The molecule has 1 aromatic rings. The molecule has 1 atom stereocenters. The second kappa shape index (κ2) is 9.64. The van der Waals surface area contributed by atoms with Crippen LogP contribution < -0.4 is 5.32 Å². The van der Waals surface area contributed by atoms with E-state index >= 15 is 0 Å². The Morgan fingerprint density at radius 1 is 1.29 bits per heavy atom. The minimum Gasteiger partial charge on any atom is -0.380 e. The van der Waals surface area contributed by atoms with Gasteiger partial charge in [0, 0.05) is 32.3 Å². The molecule has 1 saturated heterocycles. The van der Waals surface area contributed by atoms with Crippen molar-refractivity contribution in [3.63, 3.8) is 0 Å². The van der Waals surface area contributed by atoms with Gasteiger partial charge in [0.25, 0.3) is 0 Å². The number of hydrogen-bond acceptors (Lipinski definition) is 3. The van der Waals surface area contributed by atoms with Gasteiger partial charge in [0.2, 0.25) is 0 Å². The van der Waals surface area contributed by atoms with Gasteiger partial charge in [-0.2, -0.15) is 0 Å². The summed E-state index contributed by atoms with van der Waals surface area (Å²) in [5.41, 5.74) is 2.44. The highest BCUT2D eigenvalue weighted by atomic mass is 16.5. The fourth-order valence-electron chi connectivity index (χ4n) is 3.02. The summed E-state index contributed by atoms with van der Waals surface area (Å²) < 4.78 is 5.46. The quantitative estimate of drug-likeness (QED) is 0.871. The number of nitrogens with zero attached hydrogens (tertiary/aromatic N) is 2. The lowest BCUT2D eigenvalue weighted by Crippen LogP contribution is -2.45. The summed E-state index contributed by atoms with van der Waals surface area (Å²) >= 11 is 0. The number of rotatable bonds is 6. The van der Waals surface area contributed by atoms with E-state index in [4.69, 9.17) is 4.74 Å². The molecule has 2 rings (SSSR count). The average Bonchev–Trinajstić information content (AvgIpc) is 2.82. The molecule has 0 aliphatic carbocycles. The van der Waals surface area contributed by atoms with Gasteiger partial charge in [-0.05, 0) is 37.6 Å².